The fraction of sp³-hybridized carbons (Fsp3) is 0.417. The minimum absolute atomic E-state index is 0.209. The van der Waals surface area contributed by atoms with E-state index in [1.54, 1.807) is 25.1 Å². The minimum Gasteiger partial charge on any atom is -0.508 e. The summed E-state index contributed by atoms with van der Waals surface area (Å²) >= 11 is 0. The van der Waals surface area contributed by atoms with E-state index in [2.05, 4.69) is 5.32 Å². The van der Waals surface area contributed by atoms with E-state index in [1.807, 2.05) is 0 Å². The summed E-state index contributed by atoms with van der Waals surface area (Å²) in [6.45, 7) is 3.02. The van der Waals surface area contributed by atoms with Gasteiger partial charge in [-0.3, -0.25) is 4.79 Å². The van der Waals surface area contributed by atoms with Crippen LogP contribution in [0.4, 0.5) is 5.69 Å². The molecule has 1 aliphatic rings. The van der Waals surface area contributed by atoms with Gasteiger partial charge >= 0.3 is 0 Å². The highest BCUT2D eigenvalue weighted by atomic mass is 16.6. The molecule has 0 aliphatic carbocycles. The molecule has 1 unspecified atom stereocenters. The maximum absolute atomic E-state index is 11.8. The van der Waals surface area contributed by atoms with Gasteiger partial charge in [0.05, 0.1) is 19.8 Å². The SMILES string of the molecule is Cc1cc(NC(=O)C2COCCO2)ccc1O. The number of amides is 1. The standard InChI is InChI=1S/C12H15NO4/c1-8-6-9(2-3-10(8)14)13-12(15)11-7-16-4-5-17-11/h2-3,6,11,14H,4-5,7H2,1H3,(H,13,15). The lowest BCUT2D eigenvalue weighted by molar-refractivity contribution is -0.142. The third-order valence-electron chi connectivity index (χ3n) is 2.57. The van der Waals surface area contributed by atoms with E-state index in [0.29, 0.717) is 24.5 Å². The number of aromatic hydroxyl groups is 1. The second kappa shape index (κ2) is 5.16. The van der Waals surface area contributed by atoms with Gasteiger partial charge in [0.15, 0.2) is 6.10 Å². The first kappa shape index (κ1) is 11.9. The Morgan fingerprint density at radius 3 is 2.94 bits per heavy atom. The fourth-order valence-corrected chi connectivity index (χ4v) is 1.60. The molecule has 1 aromatic rings. The van der Waals surface area contributed by atoms with Crippen molar-refractivity contribution in [1.29, 1.82) is 0 Å². The summed E-state index contributed by atoms with van der Waals surface area (Å²) in [6, 6.07) is 4.89. The van der Waals surface area contributed by atoms with Crippen LogP contribution in [0, 0.1) is 6.92 Å². The molecule has 1 aliphatic heterocycles. The zero-order chi connectivity index (χ0) is 12.3. The molecular weight excluding hydrogens is 222 g/mol. The van der Waals surface area contributed by atoms with E-state index in [-0.39, 0.29) is 18.3 Å². The number of phenolic OH excluding ortho intramolecular Hbond substituents is 1. The Labute approximate surface area is 99.3 Å². The molecule has 2 N–H and O–H groups in total. The molecule has 0 aromatic heterocycles. The number of aryl methyl sites for hydroxylation is 1. The van der Waals surface area contributed by atoms with E-state index in [9.17, 15) is 9.90 Å². The van der Waals surface area contributed by atoms with E-state index < -0.39 is 6.10 Å². The predicted molar refractivity (Wildman–Crippen MR) is 62.0 cm³/mol. The Balaban J connectivity index is 1.99. The molecule has 1 aromatic carbocycles. The summed E-state index contributed by atoms with van der Waals surface area (Å²) in [4.78, 5) is 11.8. The van der Waals surface area contributed by atoms with Crippen LogP contribution in [0.2, 0.25) is 0 Å². The van der Waals surface area contributed by atoms with Gasteiger partial charge in [0.25, 0.3) is 5.91 Å². The number of nitrogens with one attached hydrogen (secondary N) is 1. The lowest BCUT2D eigenvalue weighted by Crippen LogP contribution is -2.39. The Hall–Kier alpha value is -1.59. The van der Waals surface area contributed by atoms with Gasteiger partial charge in [-0.1, -0.05) is 0 Å². The average Bonchev–Trinajstić information content (AvgIpc) is 2.35. The van der Waals surface area contributed by atoms with Gasteiger partial charge in [0.2, 0.25) is 0 Å². The van der Waals surface area contributed by atoms with Gasteiger partial charge in [0.1, 0.15) is 5.75 Å². The van der Waals surface area contributed by atoms with Crippen molar-refractivity contribution in [2.24, 2.45) is 0 Å². The first-order valence-electron chi connectivity index (χ1n) is 5.46. The van der Waals surface area contributed by atoms with E-state index in [1.165, 1.54) is 0 Å². The zero-order valence-electron chi connectivity index (χ0n) is 9.60. The number of ether oxygens (including phenoxy) is 2. The summed E-state index contributed by atoms with van der Waals surface area (Å²) in [6.07, 6.45) is -0.558. The summed E-state index contributed by atoms with van der Waals surface area (Å²) in [5, 5.41) is 12.1. The first-order chi connectivity index (χ1) is 8.16. The normalized spacial score (nSPS) is 19.9. The number of carbonyl (C=O) groups is 1. The molecule has 5 nitrogen and oxygen atoms in total. The van der Waals surface area contributed by atoms with Crippen molar-refractivity contribution in [2.45, 2.75) is 13.0 Å². The predicted octanol–water partition coefficient (Wildman–Crippen LogP) is 1.05. The van der Waals surface area contributed by atoms with Crippen LogP contribution in [0.3, 0.4) is 0 Å². The lowest BCUT2D eigenvalue weighted by Gasteiger charge is -2.22. The molecule has 2 rings (SSSR count). The van der Waals surface area contributed by atoms with Gasteiger partial charge < -0.3 is 19.9 Å². The second-order valence-corrected chi connectivity index (χ2v) is 3.92. The summed E-state index contributed by atoms with van der Waals surface area (Å²) in [5.41, 5.74) is 1.35. The molecular formula is C12H15NO4. The van der Waals surface area contributed by atoms with Crippen LogP contribution in [-0.2, 0) is 14.3 Å². The number of carbonyl (C=O) groups excluding carboxylic acids is 1. The Bertz CT molecular complexity index is 413. The summed E-state index contributed by atoms with van der Waals surface area (Å²) in [7, 11) is 0. The molecule has 17 heavy (non-hydrogen) atoms. The fourth-order valence-electron chi connectivity index (χ4n) is 1.60. The van der Waals surface area contributed by atoms with Crippen molar-refractivity contribution in [3.8, 4) is 5.75 Å². The molecule has 0 bridgehead atoms. The Morgan fingerprint density at radius 2 is 2.29 bits per heavy atom. The topological polar surface area (TPSA) is 67.8 Å². The number of rotatable bonds is 2. The van der Waals surface area contributed by atoms with Crippen molar-refractivity contribution in [2.75, 3.05) is 25.1 Å². The monoisotopic (exact) mass is 237 g/mol. The smallest absolute Gasteiger partial charge is 0.255 e. The van der Waals surface area contributed by atoms with Gasteiger partial charge in [0, 0.05) is 5.69 Å². The Morgan fingerprint density at radius 1 is 1.47 bits per heavy atom. The van der Waals surface area contributed by atoms with Crippen LogP contribution in [0.25, 0.3) is 0 Å². The van der Waals surface area contributed by atoms with Crippen LogP contribution < -0.4 is 5.32 Å². The van der Waals surface area contributed by atoms with Gasteiger partial charge in [-0.15, -0.1) is 0 Å². The zero-order valence-corrected chi connectivity index (χ0v) is 9.60. The highest BCUT2D eigenvalue weighted by molar-refractivity contribution is 5.94. The number of hydrogen-bond acceptors (Lipinski definition) is 4. The van der Waals surface area contributed by atoms with Crippen molar-refractivity contribution in [1.82, 2.24) is 0 Å². The van der Waals surface area contributed by atoms with Crippen molar-refractivity contribution in [3.63, 3.8) is 0 Å². The van der Waals surface area contributed by atoms with E-state index in [0.717, 1.165) is 0 Å². The number of anilines is 1. The maximum Gasteiger partial charge on any atom is 0.255 e. The van der Waals surface area contributed by atoms with E-state index >= 15 is 0 Å². The summed E-state index contributed by atoms with van der Waals surface area (Å²) in [5.74, 6) is -0.0185. The largest absolute Gasteiger partial charge is 0.508 e. The highest BCUT2D eigenvalue weighted by Gasteiger charge is 2.22. The van der Waals surface area contributed by atoms with Gasteiger partial charge in [-0.2, -0.15) is 0 Å². The number of benzene rings is 1. The summed E-state index contributed by atoms with van der Waals surface area (Å²) < 4.78 is 10.4. The van der Waals surface area contributed by atoms with Crippen LogP contribution >= 0.6 is 0 Å². The van der Waals surface area contributed by atoms with Crippen molar-refractivity contribution >= 4 is 11.6 Å². The molecule has 5 heteroatoms. The average molecular weight is 237 g/mol. The number of phenols is 1. The Kier molecular flexibility index (Phi) is 3.61. The van der Waals surface area contributed by atoms with Crippen molar-refractivity contribution in [3.05, 3.63) is 23.8 Å². The molecule has 1 amide bonds. The third-order valence-corrected chi connectivity index (χ3v) is 2.57. The molecule has 1 atom stereocenters. The van der Waals surface area contributed by atoms with Crippen LogP contribution in [0.1, 0.15) is 5.56 Å². The van der Waals surface area contributed by atoms with Crippen LogP contribution in [-0.4, -0.2) is 36.9 Å². The second-order valence-electron chi connectivity index (χ2n) is 3.92. The molecule has 1 fully saturated rings. The quantitative estimate of drug-likeness (QED) is 0.754. The molecule has 0 radical (unpaired) electrons. The third kappa shape index (κ3) is 2.95. The molecule has 0 saturated carbocycles. The van der Waals surface area contributed by atoms with Crippen LogP contribution in [0.15, 0.2) is 18.2 Å². The molecule has 92 valence electrons. The first-order valence-corrected chi connectivity index (χ1v) is 5.46. The highest BCUT2D eigenvalue weighted by Crippen LogP contribution is 2.20. The van der Waals surface area contributed by atoms with Gasteiger partial charge in [-0.25, -0.2) is 0 Å². The molecule has 1 heterocycles. The van der Waals surface area contributed by atoms with Gasteiger partial charge in [-0.05, 0) is 30.7 Å². The van der Waals surface area contributed by atoms with Crippen LogP contribution in [0.5, 0.6) is 5.75 Å². The molecule has 0 spiro atoms. The maximum atomic E-state index is 11.8. The van der Waals surface area contributed by atoms with E-state index in [4.69, 9.17) is 9.47 Å². The molecule has 1 saturated heterocycles. The minimum atomic E-state index is -0.558. The lowest BCUT2D eigenvalue weighted by atomic mass is 10.2. The van der Waals surface area contributed by atoms with Crippen molar-refractivity contribution < 1.29 is 19.4 Å². The number of hydrogen-bond donors (Lipinski definition) is 2.